The highest BCUT2D eigenvalue weighted by Gasteiger charge is 2.34. The van der Waals surface area contributed by atoms with Crippen LogP contribution in [0.1, 0.15) is 51.0 Å². The van der Waals surface area contributed by atoms with Gasteiger partial charge in [-0.2, -0.15) is 17.6 Å². The molecule has 0 saturated heterocycles. The van der Waals surface area contributed by atoms with Crippen LogP contribution in [0.15, 0.2) is 30.6 Å². The third-order valence-electron chi connectivity index (χ3n) is 4.96. The largest absolute Gasteiger partial charge is 0.493 e. The van der Waals surface area contributed by atoms with Gasteiger partial charge < -0.3 is 14.8 Å². The molecule has 0 spiro atoms. The molecule has 1 N–H and O–H groups in total. The van der Waals surface area contributed by atoms with Crippen LogP contribution in [0.25, 0.3) is 11.3 Å². The Kier molecular flexibility index (Phi) is 9.03. The van der Waals surface area contributed by atoms with Crippen molar-refractivity contribution in [2.24, 2.45) is 0 Å². The highest BCUT2D eigenvalue weighted by molar-refractivity contribution is 7.14. The van der Waals surface area contributed by atoms with Crippen LogP contribution in [-0.2, 0) is 6.18 Å². The van der Waals surface area contributed by atoms with Gasteiger partial charge in [0, 0.05) is 29.7 Å². The summed E-state index contributed by atoms with van der Waals surface area (Å²) in [5.41, 5.74) is -0.178. The van der Waals surface area contributed by atoms with Crippen LogP contribution in [0, 0.1) is 5.13 Å². The van der Waals surface area contributed by atoms with Crippen LogP contribution in [0.4, 0.5) is 28.4 Å². The number of halogens is 4. The van der Waals surface area contributed by atoms with Crippen molar-refractivity contribution in [1.82, 2.24) is 15.0 Å². The number of unbranched alkanes of at least 4 members (excludes halogenated alkanes) is 5. The van der Waals surface area contributed by atoms with Gasteiger partial charge in [-0.15, -0.1) is 0 Å². The van der Waals surface area contributed by atoms with Gasteiger partial charge in [0.2, 0.25) is 5.13 Å². The van der Waals surface area contributed by atoms with Gasteiger partial charge in [-0.05, 0) is 18.6 Å². The van der Waals surface area contributed by atoms with Gasteiger partial charge in [-0.1, -0.05) is 50.4 Å². The van der Waals surface area contributed by atoms with E-state index in [1.165, 1.54) is 31.6 Å². The van der Waals surface area contributed by atoms with E-state index >= 15 is 0 Å². The van der Waals surface area contributed by atoms with E-state index in [1.807, 2.05) is 0 Å². The molecule has 0 amide bonds. The molecule has 0 aliphatic rings. The molecule has 2 aromatic heterocycles. The number of ether oxygens (including phenoxy) is 2. The van der Waals surface area contributed by atoms with Crippen LogP contribution in [-0.4, -0.2) is 28.7 Å². The summed E-state index contributed by atoms with van der Waals surface area (Å²) in [6.07, 6.45) is 4.19. The highest BCUT2D eigenvalue weighted by atomic mass is 32.1. The number of aromatic nitrogens is 3. The molecule has 0 atom stereocenters. The fraction of sp³-hybridized carbons (Fsp3) is 0.435. The fourth-order valence-electron chi connectivity index (χ4n) is 3.22. The predicted molar refractivity (Wildman–Crippen MR) is 123 cm³/mol. The van der Waals surface area contributed by atoms with Crippen LogP contribution in [0.3, 0.4) is 0 Å². The number of methoxy groups -OCH3 is 1. The van der Waals surface area contributed by atoms with Crippen molar-refractivity contribution in [2.45, 2.75) is 51.6 Å². The molecule has 34 heavy (non-hydrogen) atoms. The van der Waals surface area contributed by atoms with Gasteiger partial charge in [0.05, 0.1) is 19.3 Å². The molecule has 184 valence electrons. The van der Waals surface area contributed by atoms with Crippen LogP contribution in [0.5, 0.6) is 11.8 Å². The summed E-state index contributed by atoms with van der Waals surface area (Å²) < 4.78 is 65.1. The number of hydrogen-bond acceptors (Lipinski definition) is 7. The molecule has 0 unspecified atom stereocenters. The molecule has 2 heterocycles. The number of anilines is 2. The van der Waals surface area contributed by atoms with Gasteiger partial charge >= 0.3 is 12.2 Å². The Hall–Kier alpha value is -2.95. The average Bonchev–Trinajstić information content (AvgIpc) is 3.17. The van der Waals surface area contributed by atoms with Gasteiger partial charge in [0.15, 0.2) is 5.13 Å². The van der Waals surface area contributed by atoms with Crippen LogP contribution < -0.4 is 14.8 Å². The van der Waals surface area contributed by atoms with Crippen molar-refractivity contribution < 1.29 is 27.0 Å². The van der Waals surface area contributed by atoms with E-state index in [-0.39, 0.29) is 29.2 Å². The number of nitrogens with one attached hydrogen (secondary N) is 1. The molecule has 0 radical (unpaired) electrons. The number of rotatable bonds is 12. The summed E-state index contributed by atoms with van der Waals surface area (Å²) in [5, 5.41) is 2.45. The monoisotopic (exact) mass is 498 g/mol. The van der Waals surface area contributed by atoms with Crippen LogP contribution >= 0.6 is 11.3 Å². The molecule has 11 heteroatoms. The maximum absolute atomic E-state index is 14.5. The first kappa shape index (κ1) is 25.7. The molecule has 0 fully saturated rings. The first-order valence-electron chi connectivity index (χ1n) is 11.0. The zero-order valence-corrected chi connectivity index (χ0v) is 19.7. The quantitative estimate of drug-likeness (QED) is 0.210. The molecular weight excluding hydrogens is 472 g/mol. The molecule has 3 rings (SSSR count). The average molecular weight is 499 g/mol. The second-order valence-corrected chi connectivity index (χ2v) is 8.50. The second-order valence-electron chi connectivity index (χ2n) is 7.55. The van der Waals surface area contributed by atoms with Gasteiger partial charge in [-0.3, -0.25) is 0 Å². The minimum atomic E-state index is -4.55. The summed E-state index contributed by atoms with van der Waals surface area (Å²) in [6.45, 7) is 2.31. The van der Waals surface area contributed by atoms with E-state index in [1.54, 1.807) is 0 Å². The van der Waals surface area contributed by atoms with Crippen molar-refractivity contribution in [3.05, 3.63) is 41.3 Å². The smallest absolute Gasteiger partial charge is 0.419 e. The van der Waals surface area contributed by atoms with E-state index < -0.39 is 16.9 Å². The van der Waals surface area contributed by atoms with Crippen molar-refractivity contribution in [3.8, 4) is 23.0 Å². The lowest BCUT2D eigenvalue weighted by molar-refractivity contribution is -0.138. The summed E-state index contributed by atoms with van der Waals surface area (Å²) in [7, 11) is 1.41. The van der Waals surface area contributed by atoms with Crippen molar-refractivity contribution in [1.29, 1.82) is 0 Å². The van der Waals surface area contributed by atoms with Crippen molar-refractivity contribution in [2.75, 3.05) is 19.0 Å². The zero-order valence-electron chi connectivity index (χ0n) is 18.9. The van der Waals surface area contributed by atoms with E-state index in [0.29, 0.717) is 17.7 Å². The minimum absolute atomic E-state index is 0.0293. The number of alkyl halides is 3. The van der Waals surface area contributed by atoms with Crippen LogP contribution in [0.2, 0.25) is 0 Å². The molecule has 0 bridgehead atoms. The van der Waals surface area contributed by atoms with Gasteiger partial charge in [0.25, 0.3) is 0 Å². The highest BCUT2D eigenvalue weighted by Crippen LogP contribution is 2.39. The number of hydrogen-bond donors (Lipinski definition) is 1. The van der Waals surface area contributed by atoms with E-state index in [0.717, 1.165) is 49.5 Å². The van der Waals surface area contributed by atoms with Gasteiger partial charge in [0.1, 0.15) is 11.4 Å². The topological polar surface area (TPSA) is 69.2 Å². The lowest BCUT2D eigenvalue weighted by atomic mass is 10.1. The first-order valence-corrected chi connectivity index (χ1v) is 11.8. The number of benzene rings is 1. The molecule has 1 aromatic carbocycles. The molecule has 0 aliphatic heterocycles. The normalized spacial score (nSPS) is 11.5. The molecule has 3 aromatic rings. The Morgan fingerprint density at radius 3 is 2.41 bits per heavy atom. The second kappa shape index (κ2) is 12.0. The fourth-order valence-corrected chi connectivity index (χ4v) is 3.95. The standard InChI is InChI=1S/C23H26F4N4O2S/c1-3-4-5-6-7-8-11-33-18-12-16(9-10-17(18)23(25,26)27)30-22-31-19(20(24)34-22)15-13-28-21(32-2)29-14-15/h9-10,12-14H,3-8,11H2,1-2H3,(H,30,31). The number of thiazole rings is 1. The van der Waals surface area contributed by atoms with Crippen molar-refractivity contribution >= 4 is 22.2 Å². The molecule has 0 saturated carbocycles. The Morgan fingerprint density at radius 2 is 1.74 bits per heavy atom. The lowest BCUT2D eigenvalue weighted by Gasteiger charge is -2.15. The van der Waals surface area contributed by atoms with E-state index in [2.05, 4.69) is 27.2 Å². The summed E-state index contributed by atoms with van der Waals surface area (Å²) in [4.78, 5) is 12.1. The molecule has 0 aliphatic carbocycles. The Balaban J connectivity index is 1.71. The Morgan fingerprint density at radius 1 is 1.03 bits per heavy atom. The third kappa shape index (κ3) is 7.02. The SMILES string of the molecule is CCCCCCCCOc1cc(Nc2nc(-c3cnc(OC)nc3)c(F)s2)ccc1C(F)(F)F. The van der Waals surface area contributed by atoms with Crippen molar-refractivity contribution in [3.63, 3.8) is 0 Å². The Labute approximate surface area is 199 Å². The third-order valence-corrected chi connectivity index (χ3v) is 5.72. The summed E-state index contributed by atoms with van der Waals surface area (Å²) in [6, 6.07) is 3.60. The minimum Gasteiger partial charge on any atom is -0.493 e. The molecule has 6 nitrogen and oxygen atoms in total. The summed E-state index contributed by atoms with van der Waals surface area (Å²) >= 11 is 0.722. The summed E-state index contributed by atoms with van der Waals surface area (Å²) in [5.74, 6) is -0.271. The Bertz CT molecular complexity index is 1060. The molecular formula is C23H26F4N4O2S. The van der Waals surface area contributed by atoms with Gasteiger partial charge in [-0.25, -0.2) is 15.0 Å². The van der Waals surface area contributed by atoms with E-state index in [9.17, 15) is 17.6 Å². The zero-order chi connectivity index (χ0) is 24.6. The lowest BCUT2D eigenvalue weighted by Crippen LogP contribution is -2.10. The first-order chi connectivity index (χ1) is 16.3. The number of nitrogens with zero attached hydrogens (tertiary/aromatic N) is 3. The van der Waals surface area contributed by atoms with E-state index in [4.69, 9.17) is 9.47 Å². The predicted octanol–water partition coefficient (Wildman–Crippen LogP) is 7.25. The maximum Gasteiger partial charge on any atom is 0.419 e. The maximum atomic E-state index is 14.5.